The highest BCUT2D eigenvalue weighted by atomic mass is 32.1. The van der Waals surface area contributed by atoms with Crippen molar-refractivity contribution >= 4 is 11.3 Å². The van der Waals surface area contributed by atoms with Gasteiger partial charge in [-0.25, -0.2) is 4.98 Å². The predicted octanol–water partition coefficient (Wildman–Crippen LogP) is 1.87. The number of aromatic nitrogens is 1. The average Bonchev–Trinajstić information content (AvgIpc) is 2.75. The molecule has 0 spiro atoms. The fourth-order valence-electron chi connectivity index (χ4n) is 2.00. The Morgan fingerprint density at radius 1 is 1.50 bits per heavy atom. The van der Waals surface area contributed by atoms with E-state index < -0.39 is 0 Å². The molecule has 2 heterocycles. The lowest BCUT2D eigenvalue weighted by atomic mass is 9.97. The Labute approximate surface area is 101 Å². The lowest BCUT2D eigenvalue weighted by molar-refractivity contribution is 0.0665. The van der Waals surface area contributed by atoms with Crippen LogP contribution in [0.2, 0.25) is 0 Å². The second-order valence-corrected chi connectivity index (χ2v) is 5.53. The van der Waals surface area contributed by atoms with E-state index in [1.54, 1.807) is 0 Å². The van der Waals surface area contributed by atoms with E-state index in [1.165, 1.54) is 22.7 Å². The first-order chi connectivity index (χ1) is 7.88. The summed E-state index contributed by atoms with van der Waals surface area (Å²) >= 11 is 1.87. The molecule has 90 valence electrons. The molecule has 1 fully saturated rings. The Balaban J connectivity index is 1.81. The molecule has 3 nitrogen and oxygen atoms in total. The third-order valence-electron chi connectivity index (χ3n) is 3.03. The molecule has 0 radical (unpaired) electrons. The van der Waals surface area contributed by atoms with E-state index in [4.69, 9.17) is 4.74 Å². The minimum absolute atomic E-state index is 0.789. The Morgan fingerprint density at radius 2 is 2.31 bits per heavy atom. The molecule has 1 aliphatic heterocycles. The number of hydrogen-bond acceptors (Lipinski definition) is 4. The molecule has 1 N–H and O–H groups in total. The standard InChI is InChI=1S/C12H20N2OS/c1-13-5-2-11-9-14-12(16-11)8-10-3-6-15-7-4-10/h9-10,13H,2-8H2,1H3. The molecule has 1 aliphatic rings. The second kappa shape index (κ2) is 6.33. The maximum atomic E-state index is 5.37. The van der Waals surface area contributed by atoms with Crippen LogP contribution in [0.4, 0.5) is 0 Å². The maximum Gasteiger partial charge on any atom is 0.0930 e. The van der Waals surface area contributed by atoms with E-state index in [1.807, 2.05) is 24.6 Å². The molecule has 0 atom stereocenters. The van der Waals surface area contributed by atoms with Crippen LogP contribution in [0.3, 0.4) is 0 Å². The molecule has 1 saturated heterocycles. The Morgan fingerprint density at radius 3 is 3.06 bits per heavy atom. The van der Waals surface area contributed by atoms with Crippen LogP contribution in [0, 0.1) is 5.92 Å². The normalized spacial score (nSPS) is 17.8. The zero-order valence-electron chi connectivity index (χ0n) is 9.87. The highest BCUT2D eigenvalue weighted by Crippen LogP contribution is 2.23. The summed E-state index contributed by atoms with van der Waals surface area (Å²) in [6.45, 7) is 2.91. The average molecular weight is 240 g/mol. The zero-order chi connectivity index (χ0) is 11.2. The molecule has 0 amide bonds. The van der Waals surface area contributed by atoms with Crippen molar-refractivity contribution in [1.29, 1.82) is 0 Å². The molecule has 1 aromatic rings. The van der Waals surface area contributed by atoms with Crippen LogP contribution in [-0.2, 0) is 17.6 Å². The van der Waals surface area contributed by atoms with E-state index in [0.717, 1.165) is 38.5 Å². The van der Waals surface area contributed by atoms with Crippen LogP contribution in [0.5, 0.6) is 0 Å². The monoisotopic (exact) mass is 240 g/mol. The third kappa shape index (κ3) is 3.54. The van der Waals surface area contributed by atoms with Gasteiger partial charge in [-0.05, 0) is 38.8 Å². The molecule has 0 bridgehead atoms. The lowest BCUT2D eigenvalue weighted by Gasteiger charge is -2.20. The van der Waals surface area contributed by atoms with Gasteiger partial charge in [0, 0.05) is 30.7 Å². The molecule has 0 unspecified atom stereocenters. The van der Waals surface area contributed by atoms with E-state index in [-0.39, 0.29) is 0 Å². The molecule has 4 heteroatoms. The highest BCUT2D eigenvalue weighted by molar-refractivity contribution is 7.11. The molecule has 16 heavy (non-hydrogen) atoms. The maximum absolute atomic E-state index is 5.37. The van der Waals surface area contributed by atoms with Crippen molar-refractivity contribution in [1.82, 2.24) is 10.3 Å². The summed E-state index contributed by atoms with van der Waals surface area (Å²) < 4.78 is 5.37. The predicted molar refractivity (Wildman–Crippen MR) is 67.0 cm³/mol. The van der Waals surface area contributed by atoms with Crippen LogP contribution >= 0.6 is 11.3 Å². The molecule has 0 aliphatic carbocycles. The molecular formula is C12H20N2OS. The van der Waals surface area contributed by atoms with Crippen molar-refractivity contribution < 1.29 is 4.74 Å². The Kier molecular flexibility index (Phi) is 4.75. The number of likely N-dealkylation sites (N-methyl/N-ethyl adjacent to an activating group) is 1. The summed E-state index contributed by atoms with van der Waals surface area (Å²) in [7, 11) is 1.99. The van der Waals surface area contributed by atoms with Gasteiger partial charge in [0.25, 0.3) is 0 Å². The minimum atomic E-state index is 0.789. The zero-order valence-corrected chi connectivity index (χ0v) is 10.7. The summed E-state index contributed by atoms with van der Waals surface area (Å²) in [6, 6.07) is 0. The molecule has 1 aromatic heterocycles. The first-order valence-corrected chi connectivity index (χ1v) is 6.86. The van der Waals surface area contributed by atoms with Crippen LogP contribution in [-0.4, -0.2) is 31.8 Å². The summed E-state index contributed by atoms with van der Waals surface area (Å²) in [5, 5.41) is 4.47. The smallest absolute Gasteiger partial charge is 0.0930 e. The van der Waals surface area contributed by atoms with Crippen LogP contribution in [0.25, 0.3) is 0 Å². The van der Waals surface area contributed by atoms with Gasteiger partial charge in [-0.1, -0.05) is 0 Å². The quantitative estimate of drug-likeness (QED) is 0.853. The van der Waals surface area contributed by atoms with Crippen molar-refractivity contribution in [2.75, 3.05) is 26.8 Å². The van der Waals surface area contributed by atoms with Crippen molar-refractivity contribution in [3.8, 4) is 0 Å². The van der Waals surface area contributed by atoms with E-state index in [9.17, 15) is 0 Å². The number of ether oxygens (including phenoxy) is 1. The third-order valence-corrected chi connectivity index (χ3v) is 4.11. The molecular weight excluding hydrogens is 220 g/mol. The number of rotatable bonds is 5. The van der Waals surface area contributed by atoms with Gasteiger partial charge in [-0.3, -0.25) is 0 Å². The Hall–Kier alpha value is -0.450. The van der Waals surface area contributed by atoms with E-state index >= 15 is 0 Å². The fraction of sp³-hybridized carbons (Fsp3) is 0.750. The van der Waals surface area contributed by atoms with Crippen LogP contribution < -0.4 is 5.32 Å². The minimum Gasteiger partial charge on any atom is -0.381 e. The largest absolute Gasteiger partial charge is 0.381 e. The lowest BCUT2D eigenvalue weighted by Crippen LogP contribution is -2.17. The second-order valence-electron chi connectivity index (χ2n) is 4.33. The number of nitrogens with zero attached hydrogens (tertiary/aromatic N) is 1. The Bertz CT molecular complexity index is 308. The van der Waals surface area contributed by atoms with Gasteiger partial charge < -0.3 is 10.1 Å². The van der Waals surface area contributed by atoms with Gasteiger partial charge in [-0.2, -0.15) is 0 Å². The highest BCUT2D eigenvalue weighted by Gasteiger charge is 2.15. The van der Waals surface area contributed by atoms with Crippen molar-refractivity contribution in [3.63, 3.8) is 0 Å². The molecule has 0 aromatic carbocycles. The first kappa shape index (κ1) is 12.0. The summed E-state index contributed by atoms with van der Waals surface area (Å²) in [4.78, 5) is 5.91. The number of hydrogen-bond donors (Lipinski definition) is 1. The number of thiazole rings is 1. The summed E-state index contributed by atoms with van der Waals surface area (Å²) in [5.74, 6) is 0.789. The van der Waals surface area contributed by atoms with Crippen molar-refractivity contribution in [2.24, 2.45) is 5.92 Å². The van der Waals surface area contributed by atoms with E-state index in [2.05, 4.69) is 10.3 Å². The number of nitrogens with one attached hydrogen (secondary N) is 1. The van der Waals surface area contributed by atoms with E-state index in [0.29, 0.717) is 0 Å². The first-order valence-electron chi connectivity index (χ1n) is 6.04. The molecule has 0 saturated carbocycles. The topological polar surface area (TPSA) is 34.2 Å². The SMILES string of the molecule is CNCCc1cnc(CC2CCOCC2)s1. The summed E-state index contributed by atoms with van der Waals surface area (Å²) in [5.41, 5.74) is 0. The van der Waals surface area contributed by atoms with Gasteiger partial charge in [0.15, 0.2) is 0 Å². The fourth-order valence-corrected chi connectivity index (χ4v) is 3.04. The van der Waals surface area contributed by atoms with Crippen LogP contribution in [0.1, 0.15) is 22.7 Å². The van der Waals surface area contributed by atoms with Crippen molar-refractivity contribution in [2.45, 2.75) is 25.7 Å². The van der Waals surface area contributed by atoms with Gasteiger partial charge >= 0.3 is 0 Å². The van der Waals surface area contributed by atoms with Gasteiger partial charge in [-0.15, -0.1) is 11.3 Å². The van der Waals surface area contributed by atoms with Gasteiger partial charge in [0.1, 0.15) is 0 Å². The summed E-state index contributed by atoms with van der Waals surface area (Å²) in [6.07, 6.45) is 6.68. The molecule has 2 rings (SSSR count). The van der Waals surface area contributed by atoms with Crippen molar-refractivity contribution in [3.05, 3.63) is 16.1 Å². The van der Waals surface area contributed by atoms with Crippen LogP contribution in [0.15, 0.2) is 6.20 Å². The van der Waals surface area contributed by atoms with Gasteiger partial charge in [0.05, 0.1) is 5.01 Å². The van der Waals surface area contributed by atoms with Gasteiger partial charge in [0.2, 0.25) is 0 Å².